The zero-order valence-electron chi connectivity index (χ0n) is 39.3. The van der Waals surface area contributed by atoms with Crippen LogP contribution in [-0.4, -0.2) is 90.9 Å². The number of benzene rings is 3. The summed E-state index contributed by atoms with van der Waals surface area (Å²) in [6.07, 6.45) is 0.485. The molecular formula is C52H59N7O7S2. The summed E-state index contributed by atoms with van der Waals surface area (Å²) in [4.78, 5) is 75.2. The van der Waals surface area contributed by atoms with Crippen molar-refractivity contribution >= 4 is 46.3 Å². The summed E-state index contributed by atoms with van der Waals surface area (Å²) in [5, 5.41) is 16.8. The molecule has 0 bridgehead atoms. The molecule has 8 rings (SSSR count). The standard InChI is InChI=1S/C52H59N7O7S2/c1-30(2)44(36-10-8-7-9-11-36)51(63)59-25-41(21-43(59)49(62)54-23-35-14-18-38(19-15-35)47-33(6)56-29-68-47)65-26-39-27-66-50(57-39)45(31(3)4)52(64)58-24-40(60)20-42(58)48(61)53-22-34-12-16-37(17-13-34)46-32(5)55-28-67-46/h7-19,27-31,40-45,60H,20-26H2,1-6H3,(H,53,61)(H,54,62)/t40-,41-,42+,43+,44-,45-/m1/s1. The van der Waals surface area contributed by atoms with E-state index in [4.69, 9.17) is 14.1 Å². The molecule has 4 amide bonds. The summed E-state index contributed by atoms with van der Waals surface area (Å²) in [5.41, 5.74) is 10.9. The largest absolute Gasteiger partial charge is 0.448 e. The van der Waals surface area contributed by atoms with Gasteiger partial charge in [-0.15, -0.1) is 22.7 Å². The number of ether oxygens (including phenoxy) is 1. The number of carbonyl (C=O) groups excluding carboxylic acids is 4. The number of rotatable bonds is 17. The second-order valence-corrected chi connectivity index (χ2v) is 20.2. The van der Waals surface area contributed by atoms with Crippen LogP contribution in [0.5, 0.6) is 0 Å². The third kappa shape index (κ3) is 10.9. The Morgan fingerprint density at radius 3 is 1.75 bits per heavy atom. The van der Waals surface area contributed by atoms with Gasteiger partial charge in [0.25, 0.3) is 0 Å². The Labute approximate surface area is 405 Å². The first kappa shape index (κ1) is 48.4. The summed E-state index contributed by atoms with van der Waals surface area (Å²) in [6.45, 7) is 12.5. The van der Waals surface area contributed by atoms with E-state index >= 15 is 0 Å². The van der Waals surface area contributed by atoms with Gasteiger partial charge < -0.3 is 34.7 Å². The van der Waals surface area contributed by atoms with Crippen LogP contribution in [0.2, 0.25) is 0 Å². The summed E-state index contributed by atoms with van der Waals surface area (Å²) < 4.78 is 12.4. The molecule has 0 unspecified atom stereocenters. The van der Waals surface area contributed by atoms with Crippen molar-refractivity contribution in [1.82, 2.24) is 35.4 Å². The number of β-amino-alcohol motifs (C(OH)–C–C–N with tert-alkyl or cyclic N) is 1. The van der Waals surface area contributed by atoms with Crippen molar-refractivity contribution in [3.05, 3.63) is 136 Å². The second-order valence-electron chi connectivity index (χ2n) is 18.5. The Hall–Kier alpha value is -6.07. The summed E-state index contributed by atoms with van der Waals surface area (Å²) >= 11 is 3.16. The summed E-state index contributed by atoms with van der Waals surface area (Å²) in [7, 11) is 0. The maximum atomic E-state index is 14.5. The zero-order valence-corrected chi connectivity index (χ0v) is 40.9. The van der Waals surface area contributed by atoms with Crippen molar-refractivity contribution < 1.29 is 33.4 Å². The van der Waals surface area contributed by atoms with Crippen LogP contribution in [0.4, 0.5) is 0 Å². The van der Waals surface area contributed by atoms with Crippen LogP contribution in [0.1, 0.15) is 92.0 Å². The number of likely N-dealkylation sites (tertiary alicyclic amines) is 2. The molecule has 16 heteroatoms. The fraction of sp³-hybridized carbons (Fsp3) is 0.404. The minimum Gasteiger partial charge on any atom is -0.448 e. The average molecular weight is 958 g/mol. The molecule has 2 aliphatic heterocycles. The molecule has 3 N–H and O–H groups in total. The number of nitrogens with zero attached hydrogens (tertiary/aromatic N) is 5. The summed E-state index contributed by atoms with van der Waals surface area (Å²) in [5.74, 6) is -2.53. The van der Waals surface area contributed by atoms with Gasteiger partial charge >= 0.3 is 0 Å². The van der Waals surface area contributed by atoms with E-state index in [0.717, 1.165) is 49.0 Å². The molecule has 2 fully saturated rings. The van der Waals surface area contributed by atoms with Gasteiger partial charge in [0, 0.05) is 39.0 Å². The minimum absolute atomic E-state index is 0.00675. The van der Waals surface area contributed by atoms with E-state index < -0.39 is 36.1 Å². The van der Waals surface area contributed by atoms with Crippen molar-refractivity contribution in [2.75, 3.05) is 13.1 Å². The molecule has 6 aromatic rings. The number of aryl methyl sites for hydroxylation is 2. The number of aliphatic hydroxyl groups excluding tert-OH is 1. The number of oxazole rings is 1. The van der Waals surface area contributed by atoms with Crippen LogP contribution >= 0.6 is 22.7 Å². The molecule has 0 saturated carbocycles. The number of aliphatic hydroxyl groups is 1. The van der Waals surface area contributed by atoms with Gasteiger partial charge in [-0.2, -0.15) is 0 Å². The molecule has 3 aromatic heterocycles. The smallest absolute Gasteiger partial charge is 0.243 e. The van der Waals surface area contributed by atoms with Crippen molar-refractivity contribution in [2.45, 2.75) is 110 Å². The topological polar surface area (TPSA) is 180 Å². The van der Waals surface area contributed by atoms with E-state index in [9.17, 15) is 24.3 Å². The Morgan fingerprint density at radius 1 is 0.721 bits per heavy atom. The minimum atomic E-state index is -0.870. The highest BCUT2D eigenvalue weighted by atomic mass is 32.1. The monoisotopic (exact) mass is 957 g/mol. The van der Waals surface area contributed by atoms with Gasteiger partial charge in [-0.05, 0) is 53.5 Å². The number of carbonyl (C=O) groups is 4. The van der Waals surface area contributed by atoms with Gasteiger partial charge in [0.1, 0.15) is 30.0 Å². The van der Waals surface area contributed by atoms with Crippen molar-refractivity contribution in [2.24, 2.45) is 11.8 Å². The third-order valence-corrected chi connectivity index (χ3v) is 14.9. The SMILES string of the molecule is Cc1ncsc1-c1ccc(CNC(=O)[C@@H]2C[C@@H](OCc3coc([C@H](C(=O)N4C[C@H](O)C[C@H]4C(=O)NCc4ccc(-c5scnc5C)cc4)C(C)C)n3)CN2C(=O)[C@@H](c2ccccc2)C(C)C)cc1. The van der Waals surface area contributed by atoms with Crippen LogP contribution in [-0.2, 0) is 43.6 Å². The lowest BCUT2D eigenvalue weighted by atomic mass is 9.87. The second kappa shape index (κ2) is 21.5. The van der Waals surface area contributed by atoms with E-state index in [1.165, 1.54) is 11.2 Å². The van der Waals surface area contributed by atoms with Gasteiger partial charge in [0.15, 0.2) is 0 Å². The van der Waals surface area contributed by atoms with Crippen LogP contribution < -0.4 is 10.6 Å². The predicted molar refractivity (Wildman–Crippen MR) is 261 cm³/mol. The third-order valence-electron chi connectivity index (χ3n) is 12.9. The van der Waals surface area contributed by atoms with Gasteiger partial charge in [-0.3, -0.25) is 19.2 Å². The predicted octanol–water partition coefficient (Wildman–Crippen LogP) is 7.80. The first-order valence-corrected chi connectivity index (χ1v) is 25.0. The maximum absolute atomic E-state index is 14.5. The van der Waals surface area contributed by atoms with Crippen LogP contribution in [0.3, 0.4) is 0 Å². The first-order valence-electron chi connectivity index (χ1n) is 23.2. The highest BCUT2D eigenvalue weighted by molar-refractivity contribution is 7.13. The van der Waals surface area contributed by atoms with Crippen molar-refractivity contribution in [3.8, 4) is 20.9 Å². The highest BCUT2D eigenvalue weighted by Crippen LogP contribution is 2.34. The Balaban J connectivity index is 0.916. The molecule has 14 nitrogen and oxygen atoms in total. The van der Waals surface area contributed by atoms with Crippen molar-refractivity contribution in [3.63, 3.8) is 0 Å². The molecule has 0 aliphatic carbocycles. The number of thiazole rings is 2. The van der Waals surface area contributed by atoms with Gasteiger partial charge in [-0.25, -0.2) is 15.0 Å². The van der Waals surface area contributed by atoms with E-state index in [2.05, 4.69) is 20.6 Å². The normalized spacial score (nSPS) is 19.1. The highest BCUT2D eigenvalue weighted by Gasteiger charge is 2.45. The van der Waals surface area contributed by atoms with E-state index in [0.29, 0.717) is 12.2 Å². The lowest BCUT2D eigenvalue weighted by Gasteiger charge is -2.30. The molecule has 356 valence electrons. The van der Waals surface area contributed by atoms with E-state index in [-0.39, 0.29) is 80.4 Å². The van der Waals surface area contributed by atoms with E-state index in [1.54, 1.807) is 27.6 Å². The lowest BCUT2D eigenvalue weighted by molar-refractivity contribution is -0.141. The first-order chi connectivity index (χ1) is 32.7. The molecular weight excluding hydrogens is 899 g/mol. The van der Waals surface area contributed by atoms with Gasteiger partial charge in [-0.1, -0.05) is 107 Å². The molecule has 0 radical (unpaired) electrons. The average Bonchev–Trinajstić information content (AvgIpc) is 4.20. The molecule has 2 aliphatic rings. The van der Waals surface area contributed by atoms with Crippen LogP contribution in [0.25, 0.3) is 20.9 Å². The Kier molecular flexibility index (Phi) is 15.3. The number of nitrogens with one attached hydrogen (secondary N) is 2. The molecule has 5 heterocycles. The summed E-state index contributed by atoms with van der Waals surface area (Å²) in [6, 6.07) is 24.0. The van der Waals surface area contributed by atoms with E-state index in [1.807, 2.05) is 131 Å². The number of aromatic nitrogens is 3. The molecule has 3 aromatic carbocycles. The fourth-order valence-electron chi connectivity index (χ4n) is 9.28. The van der Waals surface area contributed by atoms with Gasteiger partial charge in [0.2, 0.25) is 29.5 Å². The fourth-order valence-corrected chi connectivity index (χ4v) is 10.9. The number of hydrogen-bond donors (Lipinski definition) is 3. The maximum Gasteiger partial charge on any atom is 0.243 e. The zero-order chi connectivity index (χ0) is 48.1. The van der Waals surface area contributed by atoms with Crippen molar-refractivity contribution in [1.29, 1.82) is 0 Å². The quantitative estimate of drug-likeness (QED) is 0.0817. The van der Waals surface area contributed by atoms with Gasteiger partial charge in [0.05, 0.1) is 56.9 Å². The molecule has 0 spiro atoms. The number of amides is 4. The van der Waals surface area contributed by atoms with Crippen LogP contribution in [0, 0.1) is 25.7 Å². The Bertz CT molecular complexity index is 2680. The molecule has 6 atom stereocenters. The van der Waals surface area contributed by atoms with Crippen LogP contribution in [0.15, 0.2) is 101 Å². The molecule has 2 saturated heterocycles. The Morgan fingerprint density at radius 2 is 1.24 bits per heavy atom. The molecule has 68 heavy (non-hydrogen) atoms. The lowest BCUT2D eigenvalue weighted by Crippen LogP contribution is -2.48. The number of hydrogen-bond acceptors (Lipinski definition) is 12.